The molecule has 2 N–H and O–H groups in total. The summed E-state index contributed by atoms with van der Waals surface area (Å²) in [5.41, 5.74) is 0.111. The summed E-state index contributed by atoms with van der Waals surface area (Å²) in [6.07, 6.45) is 1.98. The first-order valence-electron chi connectivity index (χ1n) is 6.97. The molecule has 3 rings (SSSR count). The van der Waals surface area contributed by atoms with E-state index in [2.05, 4.69) is 10.5 Å². The Morgan fingerprint density at radius 3 is 2.90 bits per heavy atom. The molecule has 112 valence electrons. The number of piperidine rings is 1. The predicted octanol–water partition coefficient (Wildman–Crippen LogP) is 2.32. The quantitative estimate of drug-likeness (QED) is 0.913. The number of H-pyrrole nitrogens is 1. The number of benzene rings is 1. The molecule has 2 aromatic rings. The van der Waals surface area contributed by atoms with Crippen molar-refractivity contribution >= 4 is 0 Å². The molecule has 4 nitrogen and oxygen atoms in total. The van der Waals surface area contributed by atoms with Crippen LogP contribution in [-0.4, -0.2) is 17.7 Å². The van der Waals surface area contributed by atoms with Crippen LogP contribution < -0.4 is 10.9 Å². The van der Waals surface area contributed by atoms with E-state index >= 15 is 0 Å². The third-order valence-corrected chi connectivity index (χ3v) is 3.91. The molecule has 0 radical (unpaired) electrons. The molecule has 2 atom stereocenters. The lowest BCUT2D eigenvalue weighted by molar-refractivity contribution is 0.291. The highest BCUT2D eigenvalue weighted by molar-refractivity contribution is 5.20. The summed E-state index contributed by atoms with van der Waals surface area (Å²) in [4.78, 5) is 11.1. The number of hydrogen-bond acceptors (Lipinski definition) is 3. The molecule has 0 saturated carbocycles. The maximum Gasteiger partial charge on any atom is 0.280 e. The fraction of sp³-hybridized carbons (Fsp3) is 0.400. The lowest BCUT2D eigenvalue weighted by Gasteiger charge is -2.29. The van der Waals surface area contributed by atoms with Crippen molar-refractivity contribution < 1.29 is 13.3 Å². The SMILES string of the molecule is O=c1cc([C@@H]2CCN[C@H](Cc3cc(F)ccc3F)C2)o[nH]1. The van der Waals surface area contributed by atoms with E-state index in [9.17, 15) is 13.6 Å². The van der Waals surface area contributed by atoms with Crippen molar-refractivity contribution in [2.45, 2.75) is 31.2 Å². The Morgan fingerprint density at radius 2 is 2.14 bits per heavy atom. The molecule has 1 aliphatic rings. The molecule has 21 heavy (non-hydrogen) atoms. The minimum absolute atomic E-state index is 0.0280. The van der Waals surface area contributed by atoms with E-state index in [1.807, 2.05) is 0 Å². The number of halogens is 2. The second-order valence-corrected chi connectivity index (χ2v) is 5.43. The van der Waals surface area contributed by atoms with Crippen molar-refractivity contribution in [3.63, 3.8) is 0 Å². The van der Waals surface area contributed by atoms with E-state index in [0.717, 1.165) is 31.5 Å². The summed E-state index contributed by atoms with van der Waals surface area (Å²) < 4.78 is 32.0. The molecule has 0 amide bonds. The van der Waals surface area contributed by atoms with Crippen LogP contribution in [0.1, 0.15) is 30.1 Å². The molecule has 1 aromatic carbocycles. The van der Waals surface area contributed by atoms with Gasteiger partial charge in [-0.25, -0.2) is 8.78 Å². The zero-order valence-corrected chi connectivity index (χ0v) is 11.4. The Balaban J connectivity index is 1.71. The normalized spacial score (nSPS) is 22.4. The summed E-state index contributed by atoms with van der Waals surface area (Å²) >= 11 is 0. The number of aromatic amines is 1. The lowest BCUT2D eigenvalue weighted by atomic mass is 9.87. The first-order chi connectivity index (χ1) is 10.1. The maximum absolute atomic E-state index is 13.7. The van der Waals surface area contributed by atoms with Crippen LogP contribution in [0.4, 0.5) is 8.78 Å². The van der Waals surface area contributed by atoms with Crippen LogP contribution in [-0.2, 0) is 6.42 Å². The van der Waals surface area contributed by atoms with Crippen LogP contribution in [0.25, 0.3) is 0 Å². The predicted molar refractivity (Wildman–Crippen MR) is 73.2 cm³/mol. The second kappa shape index (κ2) is 5.81. The highest BCUT2D eigenvalue weighted by Crippen LogP contribution is 2.28. The van der Waals surface area contributed by atoms with Crippen molar-refractivity contribution in [2.75, 3.05) is 6.54 Å². The van der Waals surface area contributed by atoms with Crippen molar-refractivity contribution in [1.82, 2.24) is 10.5 Å². The van der Waals surface area contributed by atoms with Gasteiger partial charge in [-0.05, 0) is 49.6 Å². The van der Waals surface area contributed by atoms with Gasteiger partial charge in [0.15, 0.2) is 0 Å². The Morgan fingerprint density at radius 1 is 1.29 bits per heavy atom. The molecular formula is C15H16F2N2O2. The lowest BCUT2D eigenvalue weighted by Crippen LogP contribution is -2.38. The molecule has 0 aliphatic carbocycles. The van der Waals surface area contributed by atoms with E-state index in [0.29, 0.717) is 17.7 Å². The Labute approximate surface area is 120 Å². The third-order valence-electron chi connectivity index (χ3n) is 3.91. The summed E-state index contributed by atoms with van der Waals surface area (Å²) in [6, 6.07) is 4.98. The summed E-state index contributed by atoms with van der Waals surface area (Å²) in [7, 11) is 0. The molecule has 1 aromatic heterocycles. The third kappa shape index (κ3) is 3.21. The smallest absolute Gasteiger partial charge is 0.280 e. The van der Waals surface area contributed by atoms with Crippen LogP contribution in [0.15, 0.2) is 33.6 Å². The minimum Gasteiger partial charge on any atom is -0.383 e. The van der Waals surface area contributed by atoms with E-state index in [1.54, 1.807) is 0 Å². The van der Waals surface area contributed by atoms with Gasteiger partial charge in [0.25, 0.3) is 5.56 Å². The average molecular weight is 294 g/mol. The molecule has 0 bridgehead atoms. The van der Waals surface area contributed by atoms with Crippen LogP contribution in [0, 0.1) is 11.6 Å². The van der Waals surface area contributed by atoms with Crippen molar-refractivity contribution in [3.8, 4) is 0 Å². The fourth-order valence-electron chi connectivity index (χ4n) is 2.88. The highest BCUT2D eigenvalue weighted by Gasteiger charge is 2.26. The summed E-state index contributed by atoms with van der Waals surface area (Å²) in [5.74, 6) is -0.0816. The van der Waals surface area contributed by atoms with E-state index in [4.69, 9.17) is 4.52 Å². The van der Waals surface area contributed by atoms with Crippen molar-refractivity contribution in [2.24, 2.45) is 0 Å². The second-order valence-electron chi connectivity index (χ2n) is 5.43. The zero-order chi connectivity index (χ0) is 14.8. The minimum atomic E-state index is -0.435. The zero-order valence-electron chi connectivity index (χ0n) is 11.4. The van der Waals surface area contributed by atoms with Gasteiger partial charge in [0.2, 0.25) is 0 Å². The van der Waals surface area contributed by atoms with Gasteiger partial charge in [0, 0.05) is 18.0 Å². The number of hydrogen-bond donors (Lipinski definition) is 2. The molecule has 6 heteroatoms. The topological polar surface area (TPSA) is 58.0 Å². The van der Waals surface area contributed by atoms with Crippen LogP contribution in [0.5, 0.6) is 0 Å². The average Bonchev–Trinajstić information content (AvgIpc) is 2.90. The molecule has 1 aliphatic heterocycles. The molecular weight excluding hydrogens is 278 g/mol. The van der Waals surface area contributed by atoms with Crippen molar-refractivity contribution in [1.29, 1.82) is 0 Å². The largest absolute Gasteiger partial charge is 0.383 e. The highest BCUT2D eigenvalue weighted by atomic mass is 19.1. The van der Waals surface area contributed by atoms with Gasteiger partial charge in [0.1, 0.15) is 17.4 Å². The Kier molecular flexibility index (Phi) is 3.88. The maximum atomic E-state index is 13.7. The van der Waals surface area contributed by atoms with E-state index < -0.39 is 11.6 Å². The summed E-state index contributed by atoms with van der Waals surface area (Å²) in [6.45, 7) is 0.751. The van der Waals surface area contributed by atoms with Crippen LogP contribution in [0.3, 0.4) is 0 Å². The molecule has 1 fully saturated rings. The molecule has 0 spiro atoms. The standard InChI is InChI=1S/C15H16F2N2O2/c16-11-1-2-13(17)10(5-11)7-12-6-9(3-4-18-12)14-8-15(20)19-21-14/h1-2,5,8-9,12,18H,3-4,6-7H2,(H,19,20)/t9-,12+/m1/s1. The monoisotopic (exact) mass is 294 g/mol. The first kappa shape index (κ1) is 14.0. The molecule has 2 heterocycles. The first-order valence-corrected chi connectivity index (χ1v) is 6.97. The number of aromatic nitrogens is 1. The van der Waals surface area contributed by atoms with Gasteiger partial charge in [-0.15, -0.1) is 0 Å². The fourth-order valence-corrected chi connectivity index (χ4v) is 2.88. The van der Waals surface area contributed by atoms with Gasteiger partial charge in [0.05, 0.1) is 0 Å². The Hall–Kier alpha value is -1.95. The van der Waals surface area contributed by atoms with Crippen LogP contribution in [0.2, 0.25) is 0 Å². The summed E-state index contributed by atoms with van der Waals surface area (Å²) in [5, 5.41) is 5.59. The number of nitrogens with one attached hydrogen (secondary N) is 2. The van der Waals surface area contributed by atoms with Gasteiger partial charge in [-0.1, -0.05) is 0 Å². The van der Waals surface area contributed by atoms with Gasteiger partial charge >= 0.3 is 0 Å². The van der Waals surface area contributed by atoms with E-state index in [-0.39, 0.29) is 17.5 Å². The van der Waals surface area contributed by atoms with Gasteiger partial charge < -0.3 is 9.84 Å². The molecule has 0 unspecified atom stereocenters. The van der Waals surface area contributed by atoms with Crippen LogP contribution >= 0.6 is 0 Å². The number of rotatable bonds is 3. The van der Waals surface area contributed by atoms with Crippen molar-refractivity contribution in [3.05, 3.63) is 57.6 Å². The van der Waals surface area contributed by atoms with E-state index in [1.165, 1.54) is 12.1 Å². The van der Waals surface area contributed by atoms with Gasteiger partial charge in [-0.3, -0.25) is 4.79 Å². The Bertz CT molecular complexity index is 680. The van der Waals surface area contributed by atoms with Gasteiger partial charge in [-0.2, -0.15) is 5.16 Å². The molecule has 1 saturated heterocycles.